The monoisotopic (exact) mass is 331 g/mol. The standard InChI is InChI=1S/C15H11BrFN3/c16-11-6-2-1-5-10(11)15-13(18)9-20(19-15)14-8-4-3-7-12(14)17/h1-9H,18H2. The fourth-order valence-corrected chi connectivity index (χ4v) is 2.48. The zero-order valence-corrected chi connectivity index (χ0v) is 12.0. The summed E-state index contributed by atoms with van der Waals surface area (Å²) in [7, 11) is 0. The Morgan fingerprint density at radius 3 is 2.50 bits per heavy atom. The highest BCUT2D eigenvalue weighted by molar-refractivity contribution is 9.10. The van der Waals surface area contributed by atoms with Gasteiger partial charge >= 0.3 is 0 Å². The number of benzene rings is 2. The van der Waals surface area contributed by atoms with Crippen molar-refractivity contribution in [3.63, 3.8) is 0 Å². The van der Waals surface area contributed by atoms with Crippen molar-refractivity contribution in [3.05, 3.63) is 65.0 Å². The van der Waals surface area contributed by atoms with Crippen LogP contribution in [0.25, 0.3) is 16.9 Å². The minimum absolute atomic E-state index is 0.339. The summed E-state index contributed by atoms with van der Waals surface area (Å²) >= 11 is 3.47. The number of nitrogens with two attached hydrogens (primary N) is 1. The van der Waals surface area contributed by atoms with Crippen LogP contribution in [0.1, 0.15) is 0 Å². The van der Waals surface area contributed by atoms with E-state index in [4.69, 9.17) is 5.73 Å². The van der Waals surface area contributed by atoms with Gasteiger partial charge in [-0.15, -0.1) is 0 Å². The number of nitrogens with zero attached hydrogens (tertiary/aromatic N) is 2. The first-order valence-electron chi connectivity index (χ1n) is 6.02. The molecule has 0 aliphatic carbocycles. The zero-order valence-electron chi connectivity index (χ0n) is 10.4. The van der Waals surface area contributed by atoms with Crippen LogP contribution in [0.5, 0.6) is 0 Å². The zero-order chi connectivity index (χ0) is 14.1. The summed E-state index contributed by atoms with van der Waals surface area (Å²) in [6, 6.07) is 14.1. The van der Waals surface area contributed by atoms with Crippen LogP contribution in [0.2, 0.25) is 0 Å². The second kappa shape index (κ2) is 5.09. The lowest BCUT2D eigenvalue weighted by Crippen LogP contribution is -1.98. The van der Waals surface area contributed by atoms with Crippen molar-refractivity contribution in [2.24, 2.45) is 0 Å². The van der Waals surface area contributed by atoms with Gasteiger partial charge in [0.25, 0.3) is 0 Å². The predicted octanol–water partition coefficient (Wildman–Crippen LogP) is 4.02. The molecule has 100 valence electrons. The van der Waals surface area contributed by atoms with Crippen LogP contribution in [0.4, 0.5) is 10.1 Å². The van der Waals surface area contributed by atoms with Crippen molar-refractivity contribution in [2.75, 3.05) is 5.73 Å². The lowest BCUT2D eigenvalue weighted by molar-refractivity contribution is 0.611. The van der Waals surface area contributed by atoms with E-state index in [1.165, 1.54) is 10.7 Å². The van der Waals surface area contributed by atoms with Gasteiger partial charge in [-0.25, -0.2) is 9.07 Å². The van der Waals surface area contributed by atoms with Crippen LogP contribution < -0.4 is 5.73 Å². The van der Waals surface area contributed by atoms with Gasteiger partial charge in [0.1, 0.15) is 17.2 Å². The summed E-state index contributed by atoms with van der Waals surface area (Å²) in [5.41, 5.74) is 8.38. The van der Waals surface area contributed by atoms with Gasteiger partial charge in [-0.3, -0.25) is 0 Å². The van der Waals surface area contributed by atoms with Crippen LogP contribution in [-0.2, 0) is 0 Å². The molecule has 0 amide bonds. The van der Waals surface area contributed by atoms with Gasteiger partial charge in [-0.2, -0.15) is 5.10 Å². The maximum absolute atomic E-state index is 13.8. The van der Waals surface area contributed by atoms with Crippen LogP contribution in [0, 0.1) is 5.82 Å². The summed E-state index contributed by atoms with van der Waals surface area (Å²) < 4.78 is 16.1. The number of hydrogen-bond donors (Lipinski definition) is 1. The SMILES string of the molecule is Nc1cn(-c2ccccc2F)nc1-c1ccccc1Br. The molecular weight excluding hydrogens is 321 g/mol. The second-order valence-electron chi connectivity index (χ2n) is 4.31. The second-order valence-corrected chi connectivity index (χ2v) is 5.16. The fourth-order valence-electron chi connectivity index (χ4n) is 2.01. The first-order valence-corrected chi connectivity index (χ1v) is 6.81. The fraction of sp³-hybridized carbons (Fsp3) is 0. The molecule has 2 N–H and O–H groups in total. The molecule has 3 nitrogen and oxygen atoms in total. The molecule has 0 spiro atoms. The third-order valence-corrected chi connectivity index (χ3v) is 3.66. The largest absolute Gasteiger partial charge is 0.396 e. The number of halogens is 2. The van der Waals surface area contributed by atoms with Gasteiger partial charge in [0.05, 0.1) is 11.9 Å². The van der Waals surface area contributed by atoms with Gasteiger partial charge in [-0.05, 0) is 18.2 Å². The van der Waals surface area contributed by atoms with Crippen LogP contribution in [0.15, 0.2) is 59.2 Å². The molecule has 0 fully saturated rings. The number of hydrogen-bond acceptors (Lipinski definition) is 2. The van der Waals surface area contributed by atoms with Crippen molar-refractivity contribution >= 4 is 21.6 Å². The molecule has 1 aromatic heterocycles. The molecule has 0 saturated carbocycles. The third-order valence-electron chi connectivity index (χ3n) is 2.97. The molecule has 2 aromatic carbocycles. The van der Waals surface area contributed by atoms with E-state index in [2.05, 4.69) is 21.0 Å². The molecule has 0 bridgehead atoms. The van der Waals surface area contributed by atoms with Gasteiger partial charge in [0.2, 0.25) is 0 Å². The molecular formula is C15H11BrFN3. The van der Waals surface area contributed by atoms with Gasteiger partial charge in [0, 0.05) is 10.0 Å². The first kappa shape index (κ1) is 12.9. The molecule has 0 saturated heterocycles. The topological polar surface area (TPSA) is 43.8 Å². The minimum Gasteiger partial charge on any atom is -0.396 e. The Hall–Kier alpha value is -2.14. The third kappa shape index (κ3) is 2.20. The highest BCUT2D eigenvalue weighted by Gasteiger charge is 2.13. The molecule has 3 rings (SSSR count). The summed E-state index contributed by atoms with van der Waals surface area (Å²) in [5, 5.41) is 4.39. The van der Waals surface area contributed by atoms with E-state index in [0.29, 0.717) is 17.1 Å². The highest BCUT2D eigenvalue weighted by atomic mass is 79.9. The molecule has 3 aromatic rings. The quantitative estimate of drug-likeness (QED) is 0.770. The van der Waals surface area contributed by atoms with Crippen LogP contribution >= 0.6 is 15.9 Å². The maximum Gasteiger partial charge on any atom is 0.148 e. The van der Waals surface area contributed by atoms with E-state index >= 15 is 0 Å². The van der Waals surface area contributed by atoms with E-state index in [-0.39, 0.29) is 5.82 Å². The Balaban J connectivity index is 2.13. The molecule has 0 unspecified atom stereocenters. The Kier molecular flexibility index (Phi) is 3.28. The highest BCUT2D eigenvalue weighted by Crippen LogP contribution is 2.31. The maximum atomic E-state index is 13.8. The summed E-state index contributed by atoms with van der Waals surface area (Å²) in [4.78, 5) is 0. The molecule has 0 aliphatic rings. The van der Waals surface area contributed by atoms with Crippen molar-refractivity contribution in [1.82, 2.24) is 9.78 Å². The van der Waals surface area contributed by atoms with Crippen molar-refractivity contribution in [3.8, 4) is 16.9 Å². The van der Waals surface area contributed by atoms with Crippen molar-refractivity contribution in [1.29, 1.82) is 0 Å². The lowest BCUT2D eigenvalue weighted by Gasteiger charge is -2.03. The Bertz CT molecular complexity index is 767. The van der Waals surface area contributed by atoms with E-state index in [9.17, 15) is 4.39 Å². The molecule has 20 heavy (non-hydrogen) atoms. The van der Waals surface area contributed by atoms with E-state index in [0.717, 1.165) is 10.0 Å². The average Bonchev–Trinajstić information content (AvgIpc) is 2.81. The van der Waals surface area contributed by atoms with Gasteiger partial charge in [-0.1, -0.05) is 46.3 Å². The average molecular weight is 332 g/mol. The summed E-state index contributed by atoms with van der Waals surface area (Å²) in [6.07, 6.45) is 1.62. The molecule has 0 radical (unpaired) electrons. The number of nitrogen functional groups attached to an aromatic ring is 1. The van der Waals surface area contributed by atoms with E-state index in [1.54, 1.807) is 24.4 Å². The molecule has 0 aliphatic heterocycles. The summed E-state index contributed by atoms with van der Waals surface area (Å²) in [6.45, 7) is 0. The number of para-hydroxylation sites is 1. The predicted molar refractivity (Wildman–Crippen MR) is 81.1 cm³/mol. The van der Waals surface area contributed by atoms with Gasteiger partial charge in [0.15, 0.2) is 0 Å². The molecule has 0 atom stereocenters. The normalized spacial score (nSPS) is 10.7. The molecule has 5 heteroatoms. The minimum atomic E-state index is -0.339. The van der Waals surface area contributed by atoms with Crippen molar-refractivity contribution in [2.45, 2.75) is 0 Å². The smallest absolute Gasteiger partial charge is 0.148 e. The number of rotatable bonds is 2. The van der Waals surface area contributed by atoms with E-state index < -0.39 is 0 Å². The van der Waals surface area contributed by atoms with Crippen LogP contribution in [0.3, 0.4) is 0 Å². The molecule has 1 heterocycles. The Morgan fingerprint density at radius 1 is 1.05 bits per heavy atom. The number of anilines is 1. The van der Waals surface area contributed by atoms with Gasteiger partial charge < -0.3 is 5.73 Å². The first-order chi connectivity index (χ1) is 9.66. The number of aromatic nitrogens is 2. The Morgan fingerprint density at radius 2 is 1.75 bits per heavy atom. The Labute approximate surface area is 124 Å². The summed E-state index contributed by atoms with van der Waals surface area (Å²) in [5.74, 6) is -0.339. The van der Waals surface area contributed by atoms with Crippen LogP contribution in [-0.4, -0.2) is 9.78 Å². The lowest BCUT2D eigenvalue weighted by atomic mass is 10.1. The van der Waals surface area contributed by atoms with Crippen molar-refractivity contribution < 1.29 is 4.39 Å². The van der Waals surface area contributed by atoms with E-state index in [1.807, 2.05) is 24.3 Å².